The molecule has 20 heavy (non-hydrogen) atoms. The zero-order valence-corrected chi connectivity index (χ0v) is 13.6. The second-order valence-electron chi connectivity index (χ2n) is 4.01. The lowest BCUT2D eigenvalue weighted by molar-refractivity contribution is 0.556. The summed E-state index contributed by atoms with van der Waals surface area (Å²) < 4.78 is 40.5. The Labute approximate surface area is 128 Å². The van der Waals surface area contributed by atoms with Crippen molar-refractivity contribution < 1.29 is 12.8 Å². The maximum absolute atomic E-state index is 13.7. The number of benzene rings is 1. The number of nitrogens with two attached hydrogens (primary N) is 1. The van der Waals surface area contributed by atoms with Crippen LogP contribution in [0.1, 0.15) is 10.7 Å². The summed E-state index contributed by atoms with van der Waals surface area (Å²) in [5.41, 5.74) is 6.54. The zero-order valence-electron chi connectivity index (χ0n) is 10.4. The third kappa shape index (κ3) is 3.35. The molecule has 1 heterocycles. The van der Waals surface area contributed by atoms with Crippen molar-refractivity contribution in [3.63, 3.8) is 0 Å². The van der Waals surface area contributed by atoms with Crippen molar-refractivity contribution in [2.24, 2.45) is 0 Å². The molecular weight excluding hydrogens is 369 g/mol. The van der Waals surface area contributed by atoms with E-state index in [0.717, 1.165) is 17.8 Å². The SMILES string of the molecule is Cc1csc(CNS(=O)(=O)c2cc(N)c(Br)cc2F)n1. The second-order valence-corrected chi connectivity index (χ2v) is 7.54. The molecule has 108 valence electrons. The maximum Gasteiger partial charge on any atom is 0.243 e. The lowest BCUT2D eigenvalue weighted by Crippen LogP contribution is -2.24. The van der Waals surface area contributed by atoms with E-state index in [1.54, 1.807) is 0 Å². The summed E-state index contributed by atoms with van der Waals surface area (Å²) >= 11 is 4.37. The molecule has 9 heteroatoms. The number of rotatable bonds is 4. The first kappa shape index (κ1) is 15.4. The fourth-order valence-electron chi connectivity index (χ4n) is 1.47. The average Bonchev–Trinajstić information content (AvgIpc) is 2.77. The average molecular weight is 380 g/mol. The van der Waals surface area contributed by atoms with Crippen molar-refractivity contribution in [2.75, 3.05) is 5.73 Å². The van der Waals surface area contributed by atoms with E-state index in [9.17, 15) is 12.8 Å². The molecule has 0 atom stereocenters. The first-order chi connectivity index (χ1) is 9.29. The molecule has 0 aliphatic carbocycles. The molecule has 3 N–H and O–H groups in total. The number of thiazole rings is 1. The van der Waals surface area contributed by atoms with Gasteiger partial charge in [0.05, 0.1) is 6.54 Å². The lowest BCUT2D eigenvalue weighted by Gasteiger charge is -2.08. The number of nitrogens with one attached hydrogen (secondary N) is 1. The minimum atomic E-state index is -3.98. The Hall–Kier alpha value is -1.03. The summed E-state index contributed by atoms with van der Waals surface area (Å²) in [5.74, 6) is -0.867. The molecule has 0 amide bonds. The fourth-order valence-corrected chi connectivity index (χ4v) is 3.67. The van der Waals surface area contributed by atoms with E-state index in [0.29, 0.717) is 9.48 Å². The molecule has 1 aromatic heterocycles. The first-order valence-corrected chi connectivity index (χ1v) is 8.60. The molecule has 0 bridgehead atoms. The third-order valence-electron chi connectivity index (χ3n) is 2.42. The molecule has 2 rings (SSSR count). The van der Waals surface area contributed by atoms with E-state index in [1.165, 1.54) is 11.3 Å². The number of aromatic nitrogens is 1. The molecule has 1 aromatic carbocycles. The van der Waals surface area contributed by atoms with Crippen LogP contribution in [0.25, 0.3) is 0 Å². The molecule has 0 saturated carbocycles. The van der Waals surface area contributed by atoms with Gasteiger partial charge in [-0.05, 0) is 35.0 Å². The van der Waals surface area contributed by atoms with Gasteiger partial charge >= 0.3 is 0 Å². The minimum Gasteiger partial charge on any atom is -0.398 e. The number of halogens is 2. The molecule has 0 saturated heterocycles. The predicted octanol–water partition coefficient (Wildman–Crippen LogP) is 2.41. The van der Waals surface area contributed by atoms with Crippen LogP contribution in [-0.2, 0) is 16.6 Å². The van der Waals surface area contributed by atoms with Crippen LogP contribution in [-0.4, -0.2) is 13.4 Å². The topological polar surface area (TPSA) is 85.1 Å². The molecule has 0 fully saturated rings. The van der Waals surface area contributed by atoms with E-state index in [-0.39, 0.29) is 12.2 Å². The van der Waals surface area contributed by atoms with Gasteiger partial charge in [0.25, 0.3) is 0 Å². The van der Waals surface area contributed by atoms with Crippen molar-refractivity contribution in [1.29, 1.82) is 0 Å². The Balaban J connectivity index is 2.24. The van der Waals surface area contributed by atoms with Gasteiger partial charge in [0.1, 0.15) is 15.7 Å². The van der Waals surface area contributed by atoms with Gasteiger partial charge in [-0.3, -0.25) is 0 Å². The number of nitrogen functional groups attached to an aromatic ring is 1. The number of hydrogen-bond donors (Lipinski definition) is 2. The van der Waals surface area contributed by atoms with Crippen molar-refractivity contribution in [3.05, 3.63) is 38.5 Å². The molecule has 5 nitrogen and oxygen atoms in total. The van der Waals surface area contributed by atoms with Gasteiger partial charge in [-0.15, -0.1) is 11.3 Å². The van der Waals surface area contributed by atoms with E-state index in [4.69, 9.17) is 5.73 Å². The molecule has 2 aromatic rings. The summed E-state index contributed by atoms with van der Waals surface area (Å²) in [6, 6.07) is 2.10. The highest BCUT2D eigenvalue weighted by molar-refractivity contribution is 9.10. The van der Waals surface area contributed by atoms with Gasteiger partial charge in [-0.25, -0.2) is 22.5 Å². The quantitative estimate of drug-likeness (QED) is 0.798. The van der Waals surface area contributed by atoms with Crippen molar-refractivity contribution in [1.82, 2.24) is 9.71 Å². The van der Waals surface area contributed by atoms with Crippen LogP contribution in [0.15, 0.2) is 26.9 Å². The highest BCUT2D eigenvalue weighted by Crippen LogP contribution is 2.26. The Bertz CT molecular complexity index is 746. The largest absolute Gasteiger partial charge is 0.398 e. The second kappa shape index (κ2) is 5.76. The summed E-state index contributed by atoms with van der Waals surface area (Å²) in [7, 11) is -3.98. The molecular formula is C11H11BrFN3O2S2. The molecule has 0 aliphatic rings. The highest BCUT2D eigenvalue weighted by atomic mass is 79.9. The van der Waals surface area contributed by atoms with Crippen LogP contribution in [0.4, 0.5) is 10.1 Å². The van der Waals surface area contributed by atoms with Gasteiger partial charge in [0.15, 0.2) is 0 Å². The molecule has 0 spiro atoms. The lowest BCUT2D eigenvalue weighted by atomic mass is 10.3. The first-order valence-electron chi connectivity index (χ1n) is 5.45. The van der Waals surface area contributed by atoms with E-state index in [2.05, 4.69) is 25.6 Å². The third-order valence-corrected chi connectivity index (χ3v) is 5.49. The maximum atomic E-state index is 13.7. The van der Waals surface area contributed by atoms with Crippen LogP contribution in [0, 0.1) is 12.7 Å². The fraction of sp³-hybridized carbons (Fsp3) is 0.182. The van der Waals surface area contributed by atoms with Crippen molar-refractivity contribution in [2.45, 2.75) is 18.4 Å². The summed E-state index contributed by atoms with van der Waals surface area (Å²) in [6.45, 7) is 1.82. The standard InChI is InChI=1S/C11H11BrFN3O2S2/c1-6-5-19-11(16-6)4-15-20(17,18)10-3-9(14)7(12)2-8(10)13/h2-3,5,15H,4,14H2,1H3. The van der Waals surface area contributed by atoms with Gasteiger partial charge in [-0.1, -0.05) is 0 Å². The zero-order chi connectivity index (χ0) is 14.9. The molecule has 0 aliphatic heterocycles. The van der Waals surface area contributed by atoms with Crippen LogP contribution in [0.3, 0.4) is 0 Å². The van der Waals surface area contributed by atoms with Gasteiger partial charge < -0.3 is 5.73 Å². The van der Waals surface area contributed by atoms with Crippen LogP contribution in [0.5, 0.6) is 0 Å². The van der Waals surface area contributed by atoms with Crippen LogP contribution >= 0.6 is 27.3 Å². The van der Waals surface area contributed by atoms with Gasteiger partial charge in [-0.2, -0.15) is 0 Å². The predicted molar refractivity (Wildman–Crippen MR) is 79.4 cm³/mol. The van der Waals surface area contributed by atoms with E-state index in [1.807, 2.05) is 12.3 Å². The normalized spacial score (nSPS) is 11.8. The summed E-state index contributed by atoms with van der Waals surface area (Å²) in [4.78, 5) is 3.65. The van der Waals surface area contributed by atoms with Crippen molar-refractivity contribution in [3.8, 4) is 0 Å². The number of hydrogen-bond acceptors (Lipinski definition) is 5. The summed E-state index contributed by atoms with van der Waals surface area (Å²) in [6.07, 6.45) is 0. The van der Waals surface area contributed by atoms with Crippen molar-refractivity contribution >= 4 is 43.0 Å². The number of anilines is 1. The Morgan fingerprint density at radius 1 is 1.50 bits per heavy atom. The highest BCUT2D eigenvalue weighted by Gasteiger charge is 2.20. The Morgan fingerprint density at radius 2 is 2.20 bits per heavy atom. The summed E-state index contributed by atoms with van der Waals surface area (Å²) in [5, 5.41) is 2.42. The van der Waals surface area contributed by atoms with Gasteiger partial charge in [0.2, 0.25) is 10.0 Å². The number of aryl methyl sites for hydroxylation is 1. The van der Waals surface area contributed by atoms with Crippen LogP contribution < -0.4 is 10.5 Å². The van der Waals surface area contributed by atoms with E-state index < -0.39 is 20.7 Å². The van der Waals surface area contributed by atoms with Gasteiger partial charge in [0, 0.05) is 21.2 Å². The Morgan fingerprint density at radius 3 is 2.80 bits per heavy atom. The smallest absolute Gasteiger partial charge is 0.243 e. The monoisotopic (exact) mass is 379 g/mol. The van der Waals surface area contributed by atoms with Crippen LogP contribution in [0.2, 0.25) is 0 Å². The van der Waals surface area contributed by atoms with E-state index >= 15 is 0 Å². The number of nitrogens with zero attached hydrogens (tertiary/aromatic N) is 1. The molecule has 0 radical (unpaired) electrons. The Kier molecular flexibility index (Phi) is 4.43. The minimum absolute atomic E-state index is 0.0102. The number of sulfonamides is 1. The molecule has 0 unspecified atom stereocenters.